The van der Waals surface area contributed by atoms with Crippen molar-refractivity contribution in [2.75, 3.05) is 19.6 Å². The molecule has 4 rings (SSSR count). The van der Waals surface area contributed by atoms with Gasteiger partial charge in [-0.1, -0.05) is 30.3 Å². The number of rotatable bonds is 5. The molecule has 1 aliphatic rings. The van der Waals surface area contributed by atoms with Gasteiger partial charge in [0, 0.05) is 42.8 Å². The van der Waals surface area contributed by atoms with E-state index in [0.717, 1.165) is 44.4 Å². The van der Waals surface area contributed by atoms with Gasteiger partial charge in [-0.25, -0.2) is 4.39 Å². The summed E-state index contributed by atoms with van der Waals surface area (Å²) in [5, 5.41) is 3.75. The van der Waals surface area contributed by atoms with Crippen LogP contribution in [0, 0.1) is 5.82 Å². The Hall–Kier alpha value is -2.66. The first-order chi connectivity index (χ1) is 13.2. The van der Waals surface area contributed by atoms with Crippen LogP contribution in [0.25, 0.3) is 10.9 Å². The molecule has 0 spiro atoms. The molecule has 0 unspecified atom stereocenters. The first-order valence-corrected chi connectivity index (χ1v) is 9.53. The number of piperidine rings is 1. The predicted octanol–water partition coefficient (Wildman–Crippen LogP) is 3.74. The van der Waals surface area contributed by atoms with Crippen LogP contribution in [0.2, 0.25) is 0 Å². The lowest BCUT2D eigenvalue weighted by molar-refractivity contribution is 0.0913. The molecular formula is C22H24FN3O. The summed E-state index contributed by atoms with van der Waals surface area (Å²) in [5.41, 5.74) is 2.65. The zero-order valence-corrected chi connectivity index (χ0v) is 15.2. The van der Waals surface area contributed by atoms with Gasteiger partial charge in [0.25, 0.3) is 5.91 Å². The summed E-state index contributed by atoms with van der Waals surface area (Å²) in [6.45, 7) is 3.02. The molecule has 0 aliphatic carbocycles. The Morgan fingerprint density at radius 3 is 2.70 bits per heavy atom. The Kier molecular flexibility index (Phi) is 5.21. The molecule has 0 atom stereocenters. The van der Waals surface area contributed by atoms with Crippen molar-refractivity contribution >= 4 is 16.8 Å². The van der Waals surface area contributed by atoms with Crippen LogP contribution in [0.1, 0.15) is 28.8 Å². The molecular weight excluding hydrogens is 341 g/mol. The topological polar surface area (TPSA) is 48.1 Å². The number of aromatic amines is 1. The summed E-state index contributed by atoms with van der Waals surface area (Å²) in [7, 11) is 0. The van der Waals surface area contributed by atoms with Crippen molar-refractivity contribution in [1.82, 2.24) is 15.2 Å². The number of hydrogen-bond donors (Lipinski definition) is 2. The van der Waals surface area contributed by atoms with E-state index in [-0.39, 0.29) is 17.8 Å². The zero-order valence-electron chi connectivity index (χ0n) is 15.2. The minimum absolute atomic E-state index is 0.130. The lowest BCUT2D eigenvalue weighted by Crippen LogP contribution is -2.45. The minimum Gasteiger partial charge on any atom is -0.360 e. The number of benzene rings is 2. The highest BCUT2D eigenvalue weighted by Crippen LogP contribution is 2.20. The van der Waals surface area contributed by atoms with Crippen molar-refractivity contribution in [3.8, 4) is 0 Å². The summed E-state index contributed by atoms with van der Waals surface area (Å²) < 4.78 is 13.5. The lowest BCUT2D eigenvalue weighted by atomic mass is 10.0. The number of nitrogens with zero attached hydrogens (tertiary/aromatic N) is 1. The molecule has 5 heteroatoms. The maximum absolute atomic E-state index is 13.5. The van der Waals surface area contributed by atoms with E-state index < -0.39 is 0 Å². The molecule has 4 nitrogen and oxygen atoms in total. The van der Waals surface area contributed by atoms with E-state index in [9.17, 15) is 9.18 Å². The second-order valence-electron chi connectivity index (χ2n) is 7.22. The number of nitrogens with one attached hydrogen (secondary N) is 2. The quantitative estimate of drug-likeness (QED) is 0.724. The standard InChI is InChI=1S/C22H24FN3O/c23-17-6-7-21-19(14-17)20(15-24-21)22(27)25-18-9-12-26(13-10-18)11-8-16-4-2-1-3-5-16/h1-7,14-15,18,24H,8-13H2,(H,25,27). The third-order valence-corrected chi connectivity index (χ3v) is 5.37. The first-order valence-electron chi connectivity index (χ1n) is 9.53. The van der Waals surface area contributed by atoms with E-state index in [1.165, 1.54) is 17.7 Å². The van der Waals surface area contributed by atoms with E-state index in [0.29, 0.717) is 10.9 Å². The van der Waals surface area contributed by atoms with Crippen molar-refractivity contribution in [2.24, 2.45) is 0 Å². The number of halogens is 1. The molecule has 0 bridgehead atoms. The van der Waals surface area contributed by atoms with E-state index in [2.05, 4.69) is 39.5 Å². The molecule has 1 amide bonds. The predicted molar refractivity (Wildman–Crippen MR) is 105 cm³/mol. The number of likely N-dealkylation sites (tertiary alicyclic amines) is 1. The summed E-state index contributed by atoms with van der Waals surface area (Å²) in [4.78, 5) is 18.1. The molecule has 1 saturated heterocycles. The Labute approximate surface area is 158 Å². The second-order valence-corrected chi connectivity index (χ2v) is 7.22. The zero-order chi connectivity index (χ0) is 18.6. The average Bonchev–Trinajstić information content (AvgIpc) is 3.11. The highest BCUT2D eigenvalue weighted by molar-refractivity contribution is 6.06. The number of aromatic nitrogens is 1. The summed E-state index contributed by atoms with van der Waals surface area (Å²) >= 11 is 0. The van der Waals surface area contributed by atoms with Crippen LogP contribution >= 0.6 is 0 Å². The second kappa shape index (κ2) is 7.92. The lowest BCUT2D eigenvalue weighted by Gasteiger charge is -2.32. The van der Waals surface area contributed by atoms with Crippen LogP contribution in [0.4, 0.5) is 4.39 Å². The first kappa shape index (κ1) is 17.7. The van der Waals surface area contributed by atoms with Gasteiger partial charge in [0.2, 0.25) is 0 Å². The summed E-state index contributed by atoms with van der Waals surface area (Å²) in [6.07, 6.45) is 4.60. The Balaban J connectivity index is 1.29. The van der Waals surface area contributed by atoms with Gasteiger partial charge in [0.05, 0.1) is 5.56 Å². The maximum Gasteiger partial charge on any atom is 0.253 e. The van der Waals surface area contributed by atoms with Gasteiger partial charge >= 0.3 is 0 Å². The fourth-order valence-electron chi connectivity index (χ4n) is 3.78. The van der Waals surface area contributed by atoms with Gasteiger partial charge in [-0.2, -0.15) is 0 Å². The van der Waals surface area contributed by atoms with Crippen LogP contribution in [-0.2, 0) is 6.42 Å². The van der Waals surface area contributed by atoms with Crippen molar-refractivity contribution in [3.63, 3.8) is 0 Å². The number of carbonyl (C=O) groups is 1. The van der Waals surface area contributed by atoms with E-state index in [1.807, 2.05) is 6.07 Å². The van der Waals surface area contributed by atoms with Crippen LogP contribution in [-0.4, -0.2) is 41.5 Å². The molecule has 2 heterocycles. The van der Waals surface area contributed by atoms with Gasteiger partial charge in [-0.3, -0.25) is 4.79 Å². The third kappa shape index (κ3) is 4.19. The van der Waals surface area contributed by atoms with Crippen molar-refractivity contribution in [1.29, 1.82) is 0 Å². The smallest absolute Gasteiger partial charge is 0.253 e. The van der Waals surface area contributed by atoms with Gasteiger partial charge in [0.15, 0.2) is 0 Å². The van der Waals surface area contributed by atoms with Gasteiger partial charge in [-0.05, 0) is 43.0 Å². The van der Waals surface area contributed by atoms with Crippen molar-refractivity contribution in [3.05, 3.63) is 71.7 Å². The molecule has 1 fully saturated rings. The maximum atomic E-state index is 13.5. The summed E-state index contributed by atoms with van der Waals surface area (Å²) in [5.74, 6) is -0.461. The molecule has 140 valence electrons. The molecule has 1 aliphatic heterocycles. The van der Waals surface area contributed by atoms with Crippen molar-refractivity contribution in [2.45, 2.75) is 25.3 Å². The Morgan fingerprint density at radius 2 is 1.93 bits per heavy atom. The third-order valence-electron chi connectivity index (χ3n) is 5.37. The van der Waals surface area contributed by atoms with Crippen LogP contribution in [0.15, 0.2) is 54.7 Å². The van der Waals surface area contributed by atoms with Crippen LogP contribution in [0.5, 0.6) is 0 Å². The average molecular weight is 365 g/mol. The normalized spacial score (nSPS) is 15.9. The Morgan fingerprint density at radius 1 is 1.15 bits per heavy atom. The van der Waals surface area contributed by atoms with Gasteiger partial charge in [0.1, 0.15) is 5.82 Å². The SMILES string of the molecule is O=C(NC1CCN(CCc2ccccc2)CC1)c1c[nH]c2ccc(F)cc12. The monoisotopic (exact) mass is 365 g/mol. The number of H-pyrrole nitrogens is 1. The van der Waals surface area contributed by atoms with E-state index in [4.69, 9.17) is 0 Å². The van der Waals surface area contributed by atoms with Crippen LogP contribution in [0.3, 0.4) is 0 Å². The number of fused-ring (bicyclic) bond motifs is 1. The highest BCUT2D eigenvalue weighted by Gasteiger charge is 2.22. The van der Waals surface area contributed by atoms with Gasteiger partial charge in [-0.15, -0.1) is 0 Å². The molecule has 27 heavy (non-hydrogen) atoms. The Bertz CT molecular complexity index is 914. The summed E-state index contributed by atoms with van der Waals surface area (Å²) in [6, 6.07) is 15.2. The fourth-order valence-corrected chi connectivity index (χ4v) is 3.78. The fraction of sp³-hybridized carbons (Fsp3) is 0.318. The number of hydrogen-bond acceptors (Lipinski definition) is 2. The molecule has 2 N–H and O–H groups in total. The largest absolute Gasteiger partial charge is 0.360 e. The molecule has 0 radical (unpaired) electrons. The minimum atomic E-state index is -0.331. The van der Waals surface area contributed by atoms with Gasteiger partial charge < -0.3 is 15.2 Å². The van der Waals surface area contributed by atoms with E-state index >= 15 is 0 Å². The number of carbonyl (C=O) groups excluding carboxylic acids is 1. The molecule has 0 saturated carbocycles. The molecule has 3 aromatic rings. The van der Waals surface area contributed by atoms with Crippen molar-refractivity contribution < 1.29 is 9.18 Å². The number of amides is 1. The molecule has 2 aromatic carbocycles. The molecule has 1 aromatic heterocycles. The highest BCUT2D eigenvalue weighted by atomic mass is 19.1. The van der Waals surface area contributed by atoms with Crippen LogP contribution < -0.4 is 5.32 Å². The van der Waals surface area contributed by atoms with E-state index in [1.54, 1.807) is 12.3 Å².